The fraction of sp³-hybridized carbons (Fsp3) is 0.500. The maximum absolute atomic E-state index is 12.5. The van der Waals surface area contributed by atoms with Crippen molar-refractivity contribution in [2.75, 3.05) is 67.4 Å². The van der Waals surface area contributed by atoms with Crippen LogP contribution in [0, 0.1) is 0 Å². The van der Waals surface area contributed by atoms with Gasteiger partial charge in [-0.15, -0.1) is 0 Å². The third kappa shape index (κ3) is 6.29. The van der Waals surface area contributed by atoms with Gasteiger partial charge in [0.25, 0.3) is 0 Å². The zero-order valence-corrected chi connectivity index (χ0v) is 20.7. The van der Waals surface area contributed by atoms with Gasteiger partial charge in [0.2, 0.25) is 0 Å². The quantitative estimate of drug-likeness (QED) is 0.480. The Morgan fingerprint density at radius 3 is 2.29 bits per heavy atom. The van der Waals surface area contributed by atoms with Crippen LogP contribution in [0.5, 0.6) is 23.0 Å². The topological polar surface area (TPSA) is 78.9 Å². The molecule has 0 saturated carbocycles. The van der Waals surface area contributed by atoms with Gasteiger partial charge in [-0.2, -0.15) is 0 Å². The molecule has 0 aliphatic carbocycles. The minimum absolute atomic E-state index is 0.0895. The average molecular weight is 487 g/mol. The Bertz CT molecular complexity index is 994. The summed E-state index contributed by atoms with van der Waals surface area (Å²) in [5, 5.41) is 0. The molecule has 1 atom stereocenters. The van der Waals surface area contributed by atoms with Crippen molar-refractivity contribution in [1.29, 1.82) is 0 Å². The van der Waals surface area contributed by atoms with E-state index in [1.165, 1.54) is 0 Å². The monoisotopic (exact) mass is 486 g/mol. The fourth-order valence-corrected chi connectivity index (χ4v) is 4.37. The van der Waals surface area contributed by atoms with Gasteiger partial charge >= 0.3 is 6.09 Å². The Balaban J connectivity index is 1.38. The molecule has 0 aromatic heterocycles. The molecule has 2 aromatic carbocycles. The van der Waals surface area contributed by atoms with Crippen molar-refractivity contribution < 1.29 is 33.2 Å². The molecule has 2 fully saturated rings. The first-order valence-electron chi connectivity index (χ1n) is 11.9. The summed E-state index contributed by atoms with van der Waals surface area (Å²) in [6, 6.07) is 11.5. The number of carbonyl (C=O) groups excluding carboxylic acids is 1. The van der Waals surface area contributed by atoms with E-state index in [1.807, 2.05) is 36.4 Å². The lowest BCUT2D eigenvalue weighted by molar-refractivity contribution is 0.0321. The normalized spacial score (nSPS) is 18.3. The summed E-state index contributed by atoms with van der Waals surface area (Å²) in [4.78, 5) is 16.6. The summed E-state index contributed by atoms with van der Waals surface area (Å²) in [6.07, 6.45) is 0.323. The number of carbonyl (C=O) groups is 1. The Labute approximate surface area is 206 Å². The highest BCUT2D eigenvalue weighted by Gasteiger charge is 2.33. The maximum Gasteiger partial charge on any atom is 0.410 e. The lowest BCUT2D eigenvalue weighted by atomic mass is 10.0. The Morgan fingerprint density at radius 2 is 1.54 bits per heavy atom. The zero-order valence-electron chi connectivity index (χ0n) is 20.7. The highest BCUT2D eigenvalue weighted by molar-refractivity contribution is 5.70. The Hall–Kier alpha value is -3.17. The van der Waals surface area contributed by atoms with Gasteiger partial charge < -0.3 is 28.4 Å². The number of nitrogens with zero attached hydrogens (tertiary/aromatic N) is 2. The van der Waals surface area contributed by atoms with E-state index in [0.717, 1.165) is 44.0 Å². The highest BCUT2D eigenvalue weighted by Crippen LogP contribution is 2.31. The predicted molar refractivity (Wildman–Crippen MR) is 130 cm³/mol. The Kier molecular flexibility index (Phi) is 8.54. The summed E-state index contributed by atoms with van der Waals surface area (Å²) in [7, 11) is 4.83. The lowest BCUT2D eigenvalue weighted by Gasteiger charge is -2.26. The molecule has 4 rings (SSSR count). The average Bonchev–Trinajstić information content (AvgIpc) is 3.23. The number of morpholine rings is 1. The molecule has 2 aromatic rings. The largest absolute Gasteiger partial charge is 0.493 e. The van der Waals surface area contributed by atoms with E-state index in [9.17, 15) is 4.79 Å². The smallest absolute Gasteiger partial charge is 0.410 e. The molecule has 1 unspecified atom stereocenters. The molecule has 35 heavy (non-hydrogen) atoms. The first-order chi connectivity index (χ1) is 17.1. The van der Waals surface area contributed by atoms with E-state index in [0.29, 0.717) is 49.2 Å². The summed E-state index contributed by atoms with van der Waals surface area (Å²) in [5.41, 5.74) is 1.98. The van der Waals surface area contributed by atoms with Crippen LogP contribution in [0.2, 0.25) is 0 Å². The molecule has 0 radical (unpaired) electrons. The van der Waals surface area contributed by atoms with Crippen molar-refractivity contribution in [3.8, 4) is 23.0 Å². The number of ether oxygens (including phenoxy) is 6. The SMILES string of the molecule is COc1ccc(CN2C(=O)OCC2Cc2ccc(OCCN3CCOCC3)c(OC)c2)cc1OC. The fourth-order valence-electron chi connectivity index (χ4n) is 4.37. The van der Waals surface area contributed by atoms with Crippen LogP contribution in [0.25, 0.3) is 0 Å². The van der Waals surface area contributed by atoms with Crippen LogP contribution >= 0.6 is 0 Å². The van der Waals surface area contributed by atoms with Gasteiger partial charge in [-0.3, -0.25) is 9.80 Å². The van der Waals surface area contributed by atoms with E-state index < -0.39 is 0 Å². The number of amides is 1. The molecular formula is C26H34N2O7. The molecule has 9 heteroatoms. The van der Waals surface area contributed by atoms with E-state index in [-0.39, 0.29) is 12.1 Å². The molecule has 2 aliphatic heterocycles. The van der Waals surface area contributed by atoms with E-state index in [2.05, 4.69) is 4.90 Å². The van der Waals surface area contributed by atoms with Crippen LogP contribution in [-0.4, -0.2) is 89.3 Å². The number of hydrogen-bond acceptors (Lipinski definition) is 8. The van der Waals surface area contributed by atoms with Gasteiger partial charge in [-0.25, -0.2) is 4.79 Å². The summed E-state index contributed by atoms with van der Waals surface area (Å²) in [6.45, 7) is 5.60. The molecule has 0 N–H and O–H groups in total. The molecule has 190 valence electrons. The van der Waals surface area contributed by atoms with Crippen LogP contribution in [0.3, 0.4) is 0 Å². The predicted octanol–water partition coefficient (Wildman–Crippen LogP) is 2.99. The van der Waals surface area contributed by atoms with Crippen molar-refractivity contribution in [2.24, 2.45) is 0 Å². The van der Waals surface area contributed by atoms with Crippen molar-refractivity contribution >= 4 is 6.09 Å². The maximum atomic E-state index is 12.5. The summed E-state index contributed by atoms with van der Waals surface area (Å²) in [5.74, 6) is 2.67. The van der Waals surface area contributed by atoms with Gasteiger partial charge in [-0.1, -0.05) is 12.1 Å². The number of methoxy groups -OCH3 is 3. The van der Waals surface area contributed by atoms with Crippen LogP contribution in [-0.2, 0) is 22.4 Å². The van der Waals surface area contributed by atoms with E-state index in [4.69, 9.17) is 28.4 Å². The second kappa shape index (κ2) is 12.0. The minimum Gasteiger partial charge on any atom is -0.493 e. The van der Waals surface area contributed by atoms with Crippen molar-refractivity contribution in [2.45, 2.75) is 19.0 Å². The van der Waals surface area contributed by atoms with Crippen molar-refractivity contribution in [3.05, 3.63) is 47.5 Å². The highest BCUT2D eigenvalue weighted by atomic mass is 16.6. The molecule has 0 spiro atoms. The number of rotatable bonds is 11. The first-order valence-corrected chi connectivity index (χ1v) is 11.9. The number of benzene rings is 2. The molecule has 1 amide bonds. The summed E-state index contributed by atoms with van der Waals surface area (Å²) >= 11 is 0. The van der Waals surface area contributed by atoms with Crippen molar-refractivity contribution in [1.82, 2.24) is 9.80 Å². The minimum atomic E-state index is -0.320. The standard InChI is InChI=1S/C26H34N2O7/c1-30-22-6-5-20(16-24(22)31-2)17-28-21(18-35-26(28)29)14-19-4-7-23(25(15-19)32-3)34-13-10-27-8-11-33-12-9-27/h4-7,15-16,21H,8-14,17-18H2,1-3H3. The Morgan fingerprint density at radius 1 is 0.886 bits per heavy atom. The van der Waals surface area contributed by atoms with Gasteiger partial charge in [0.15, 0.2) is 23.0 Å². The molecule has 9 nitrogen and oxygen atoms in total. The lowest BCUT2D eigenvalue weighted by Crippen LogP contribution is -2.38. The summed E-state index contributed by atoms with van der Waals surface area (Å²) < 4.78 is 33.1. The van der Waals surface area contributed by atoms with Crippen molar-refractivity contribution in [3.63, 3.8) is 0 Å². The third-order valence-corrected chi connectivity index (χ3v) is 6.34. The van der Waals surface area contributed by atoms with E-state index in [1.54, 1.807) is 26.2 Å². The molecule has 2 aliphatic rings. The van der Waals surface area contributed by atoms with Gasteiger partial charge in [-0.05, 0) is 41.8 Å². The van der Waals surface area contributed by atoms with E-state index >= 15 is 0 Å². The van der Waals surface area contributed by atoms with Gasteiger partial charge in [0, 0.05) is 26.2 Å². The molecule has 2 saturated heterocycles. The second-order valence-electron chi connectivity index (χ2n) is 8.54. The molecular weight excluding hydrogens is 452 g/mol. The zero-order chi connectivity index (χ0) is 24.6. The van der Waals surface area contributed by atoms with Crippen LogP contribution in [0.4, 0.5) is 4.79 Å². The number of cyclic esters (lactones) is 1. The van der Waals surface area contributed by atoms with Gasteiger partial charge in [0.05, 0.1) is 40.6 Å². The third-order valence-electron chi connectivity index (χ3n) is 6.34. The number of hydrogen-bond donors (Lipinski definition) is 0. The molecule has 2 heterocycles. The van der Waals surface area contributed by atoms with Crippen LogP contribution in [0.15, 0.2) is 36.4 Å². The second-order valence-corrected chi connectivity index (χ2v) is 8.54. The first kappa shape index (κ1) is 24.9. The molecule has 0 bridgehead atoms. The van der Waals surface area contributed by atoms with Gasteiger partial charge in [0.1, 0.15) is 13.2 Å². The van der Waals surface area contributed by atoms with Crippen LogP contribution < -0.4 is 18.9 Å². The van der Waals surface area contributed by atoms with Crippen LogP contribution in [0.1, 0.15) is 11.1 Å².